The van der Waals surface area contributed by atoms with Crippen molar-refractivity contribution in [2.75, 3.05) is 7.11 Å². The minimum atomic E-state index is -0.474. The van der Waals surface area contributed by atoms with Crippen molar-refractivity contribution >= 4 is 21.6 Å². The fourth-order valence-electron chi connectivity index (χ4n) is 2.04. The number of nitro benzene ring substituents is 1. The highest BCUT2D eigenvalue weighted by Crippen LogP contribution is 2.24. The molecule has 0 bridgehead atoms. The molecular weight excluding hydrogens is 340 g/mol. The van der Waals surface area contributed by atoms with Gasteiger partial charge in [0.15, 0.2) is 0 Å². The molecule has 7 heteroatoms. The van der Waals surface area contributed by atoms with Gasteiger partial charge in [-0.15, -0.1) is 0 Å². The van der Waals surface area contributed by atoms with Crippen molar-refractivity contribution in [1.82, 2.24) is 4.57 Å². The van der Waals surface area contributed by atoms with E-state index in [1.165, 1.54) is 29.9 Å². The van der Waals surface area contributed by atoms with Gasteiger partial charge in [0.05, 0.1) is 18.6 Å². The van der Waals surface area contributed by atoms with Crippen LogP contribution in [0.5, 0.6) is 5.75 Å². The van der Waals surface area contributed by atoms with Crippen molar-refractivity contribution in [3.8, 4) is 5.75 Å². The van der Waals surface area contributed by atoms with E-state index in [1.807, 2.05) is 0 Å². The number of nitro groups is 1. The quantitative estimate of drug-likeness (QED) is 0.626. The molecule has 0 unspecified atom stereocenters. The first-order valence-corrected chi connectivity index (χ1v) is 6.89. The molecule has 0 aliphatic carbocycles. The summed E-state index contributed by atoms with van der Waals surface area (Å²) in [6, 6.07) is 6.05. The summed E-state index contributed by atoms with van der Waals surface area (Å²) in [7, 11) is 1.49. The van der Waals surface area contributed by atoms with E-state index in [0.717, 1.165) is 4.47 Å². The van der Waals surface area contributed by atoms with Crippen LogP contribution in [-0.2, 0) is 6.54 Å². The number of non-ortho nitro benzene ring substituents is 1. The fraction of sp³-hybridized carbons (Fsp3) is 0.214. The van der Waals surface area contributed by atoms with Crippen molar-refractivity contribution in [1.29, 1.82) is 0 Å². The molecule has 1 aromatic heterocycles. The first-order chi connectivity index (χ1) is 9.92. The largest absolute Gasteiger partial charge is 0.496 e. The normalized spacial score (nSPS) is 10.4. The number of aryl methyl sites for hydroxylation is 1. The Morgan fingerprint density at radius 1 is 1.38 bits per heavy atom. The van der Waals surface area contributed by atoms with Crippen LogP contribution in [0.3, 0.4) is 0 Å². The molecule has 0 fully saturated rings. The molecule has 0 atom stereocenters. The van der Waals surface area contributed by atoms with Crippen molar-refractivity contribution in [3.63, 3.8) is 0 Å². The smallest absolute Gasteiger partial charge is 0.270 e. The van der Waals surface area contributed by atoms with E-state index < -0.39 is 4.92 Å². The van der Waals surface area contributed by atoms with E-state index >= 15 is 0 Å². The molecule has 0 aliphatic heterocycles. The SMILES string of the molecule is COc1ccc([N+](=O)[O-])cc1Cn1cc(Br)cc(C)c1=O. The Morgan fingerprint density at radius 2 is 2.10 bits per heavy atom. The van der Waals surface area contributed by atoms with E-state index in [1.54, 1.807) is 19.2 Å². The molecule has 6 nitrogen and oxygen atoms in total. The maximum absolute atomic E-state index is 12.1. The summed E-state index contributed by atoms with van der Waals surface area (Å²) >= 11 is 3.33. The van der Waals surface area contributed by atoms with Crippen LogP contribution >= 0.6 is 15.9 Å². The minimum absolute atomic E-state index is 0.0365. The second-order valence-corrected chi connectivity index (χ2v) is 5.44. The lowest BCUT2D eigenvalue weighted by Gasteiger charge is -2.11. The number of methoxy groups -OCH3 is 1. The molecule has 2 rings (SSSR count). The van der Waals surface area contributed by atoms with Gasteiger partial charge < -0.3 is 9.30 Å². The number of halogens is 1. The first-order valence-electron chi connectivity index (χ1n) is 6.10. The van der Waals surface area contributed by atoms with Crippen molar-refractivity contribution in [2.24, 2.45) is 0 Å². The average Bonchev–Trinajstić information content (AvgIpc) is 2.44. The van der Waals surface area contributed by atoms with Crippen molar-refractivity contribution in [3.05, 3.63) is 66.5 Å². The first kappa shape index (κ1) is 15.2. The van der Waals surface area contributed by atoms with Crippen LogP contribution in [0, 0.1) is 17.0 Å². The van der Waals surface area contributed by atoms with E-state index in [0.29, 0.717) is 16.9 Å². The topological polar surface area (TPSA) is 74.4 Å². The van der Waals surface area contributed by atoms with Gasteiger partial charge in [0.25, 0.3) is 11.2 Å². The molecule has 0 spiro atoms. The molecule has 1 aromatic carbocycles. The van der Waals surface area contributed by atoms with Gasteiger partial charge in [-0.05, 0) is 35.0 Å². The Hall–Kier alpha value is -2.15. The number of nitrogens with zero attached hydrogens (tertiary/aromatic N) is 2. The summed E-state index contributed by atoms with van der Waals surface area (Å²) in [5.41, 5.74) is 0.984. The number of ether oxygens (including phenoxy) is 1. The maximum Gasteiger partial charge on any atom is 0.270 e. The molecule has 0 radical (unpaired) electrons. The average molecular weight is 353 g/mol. The highest BCUT2D eigenvalue weighted by Gasteiger charge is 2.13. The van der Waals surface area contributed by atoms with E-state index in [4.69, 9.17) is 4.74 Å². The summed E-state index contributed by atoms with van der Waals surface area (Å²) in [5.74, 6) is 0.505. The Kier molecular flexibility index (Phi) is 4.42. The third-order valence-electron chi connectivity index (χ3n) is 3.05. The number of pyridine rings is 1. The van der Waals surface area contributed by atoms with E-state index in [2.05, 4.69) is 15.9 Å². The van der Waals surface area contributed by atoms with Gasteiger partial charge in [0.1, 0.15) is 5.75 Å². The van der Waals surface area contributed by atoms with Gasteiger partial charge in [-0.25, -0.2) is 0 Å². The standard InChI is InChI=1S/C14H13BrN2O4/c1-9-5-11(15)8-16(14(9)18)7-10-6-12(17(19)20)3-4-13(10)21-2/h3-6,8H,7H2,1-2H3. The minimum Gasteiger partial charge on any atom is -0.496 e. The van der Waals surface area contributed by atoms with Crippen LogP contribution in [0.1, 0.15) is 11.1 Å². The lowest BCUT2D eigenvalue weighted by molar-refractivity contribution is -0.384. The lowest BCUT2D eigenvalue weighted by atomic mass is 10.1. The summed E-state index contributed by atoms with van der Waals surface area (Å²) in [6.07, 6.45) is 1.65. The summed E-state index contributed by atoms with van der Waals surface area (Å²) in [4.78, 5) is 22.5. The summed E-state index contributed by atoms with van der Waals surface area (Å²) < 4.78 is 7.46. The highest BCUT2D eigenvalue weighted by atomic mass is 79.9. The van der Waals surface area contributed by atoms with Crippen LogP contribution in [0.15, 0.2) is 39.7 Å². The lowest BCUT2D eigenvalue weighted by Crippen LogP contribution is -2.22. The van der Waals surface area contributed by atoms with Gasteiger partial charge in [-0.2, -0.15) is 0 Å². The Balaban J connectivity index is 2.50. The third kappa shape index (κ3) is 3.30. The third-order valence-corrected chi connectivity index (χ3v) is 3.48. The number of hydrogen-bond donors (Lipinski definition) is 0. The summed E-state index contributed by atoms with van der Waals surface area (Å²) in [6.45, 7) is 1.91. The second kappa shape index (κ2) is 6.09. The van der Waals surface area contributed by atoms with Gasteiger partial charge in [0, 0.05) is 33.9 Å². The van der Waals surface area contributed by atoms with Gasteiger partial charge >= 0.3 is 0 Å². The second-order valence-electron chi connectivity index (χ2n) is 4.53. The van der Waals surface area contributed by atoms with Gasteiger partial charge in [-0.1, -0.05) is 0 Å². The van der Waals surface area contributed by atoms with Crippen LogP contribution in [0.2, 0.25) is 0 Å². The summed E-state index contributed by atoms with van der Waals surface area (Å²) in [5, 5.41) is 10.9. The van der Waals surface area contributed by atoms with E-state index in [9.17, 15) is 14.9 Å². The number of aromatic nitrogens is 1. The molecule has 110 valence electrons. The zero-order chi connectivity index (χ0) is 15.6. The Labute approximate surface area is 129 Å². The van der Waals surface area contributed by atoms with Crippen molar-refractivity contribution in [2.45, 2.75) is 13.5 Å². The molecule has 0 amide bonds. The maximum atomic E-state index is 12.1. The molecule has 0 saturated carbocycles. The molecule has 0 saturated heterocycles. The number of hydrogen-bond acceptors (Lipinski definition) is 4. The van der Waals surface area contributed by atoms with Crippen LogP contribution < -0.4 is 10.3 Å². The Bertz CT molecular complexity index is 755. The number of rotatable bonds is 4. The predicted molar refractivity (Wildman–Crippen MR) is 81.9 cm³/mol. The molecule has 2 aromatic rings. The zero-order valence-corrected chi connectivity index (χ0v) is 13.1. The Morgan fingerprint density at radius 3 is 2.71 bits per heavy atom. The monoisotopic (exact) mass is 352 g/mol. The molecular formula is C14H13BrN2O4. The molecule has 0 N–H and O–H groups in total. The fourth-order valence-corrected chi connectivity index (χ4v) is 2.63. The van der Waals surface area contributed by atoms with E-state index in [-0.39, 0.29) is 17.8 Å². The van der Waals surface area contributed by atoms with Crippen LogP contribution in [0.25, 0.3) is 0 Å². The van der Waals surface area contributed by atoms with Gasteiger partial charge in [-0.3, -0.25) is 14.9 Å². The van der Waals surface area contributed by atoms with Crippen LogP contribution in [-0.4, -0.2) is 16.6 Å². The zero-order valence-electron chi connectivity index (χ0n) is 11.5. The van der Waals surface area contributed by atoms with Crippen LogP contribution in [0.4, 0.5) is 5.69 Å². The number of benzene rings is 1. The molecule has 0 aliphatic rings. The molecule has 21 heavy (non-hydrogen) atoms. The van der Waals surface area contributed by atoms with Gasteiger partial charge in [0.2, 0.25) is 0 Å². The highest BCUT2D eigenvalue weighted by molar-refractivity contribution is 9.10. The van der Waals surface area contributed by atoms with Crippen molar-refractivity contribution < 1.29 is 9.66 Å². The molecule has 1 heterocycles. The predicted octanol–water partition coefficient (Wildman–Crippen LogP) is 2.88.